The lowest BCUT2D eigenvalue weighted by Crippen LogP contribution is -2.40. The SMILES string of the molecule is Cc1c(OCc2ccccc2)ccc2c1CCN(C(=O)OC(C)(C)C)C2. The fraction of sp³-hybridized carbons (Fsp3) is 0.409. The van der Waals surface area contributed by atoms with Gasteiger partial charge in [-0.15, -0.1) is 0 Å². The number of rotatable bonds is 3. The Morgan fingerprint density at radius 2 is 1.85 bits per heavy atom. The Bertz CT molecular complexity index is 778. The molecule has 1 amide bonds. The number of carbonyl (C=O) groups excluding carboxylic acids is 1. The molecular weight excluding hydrogens is 326 g/mol. The monoisotopic (exact) mass is 353 g/mol. The first-order chi connectivity index (χ1) is 12.3. The van der Waals surface area contributed by atoms with Gasteiger partial charge < -0.3 is 14.4 Å². The van der Waals surface area contributed by atoms with Crippen LogP contribution in [0.2, 0.25) is 0 Å². The van der Waals surface area contributed by atoms with E-state index in [9.17, 15) is 4.79 Å². The maximum Gasteiger partial charge on any atom is 0.410 e. The second-order valence-electron chi connectivity index (χ2n) is 7.75. The Kier molecular flexibility index (Phi) is 5.21. The molecule has 4 nitrogen and oxygen atoms in total. The van der Waals surface area contributed by atoms with Crippen molar-refractivity contribution in [3.63, 3.8) is 0 Å². The molecule has 0 saturated carbocycles. The smallest absolute Gasteiger partial charge is 0.410 e. The molecule has 138 valence electrons. The molecule has 0 saturated heterocycles. The average Bonchev–Trinajstić information content (AvgIpc) is 2.60. The summed E-state index contributed by atoms with van der Waals surface area (Å²) in [7, 11) is 0. The second-order valence-corrected chi connectivity index (χ2v) is 7.75. The number of nitrogens with zero attached hydrogens (tertiary/aromatic N) is 1. The van der Waals surface area contributed by atoms with Crippen LogP contribution in [0.25, 0.3) is 0 Å². The molecule has 0 unspecified atom stereocenters. The van der Waals surface area contributed by atoms with Crippen molar-refractivity contribution in [1.82, 2.24) is 4.90 Å². The Morgan fingerprint density at radius 1 is 1.12 bits per heavy atom. The van der Waals surface area contributed by atoms with Gasteiger partial charge in [-0.3, -0.25) is 0 Å². The first kappa shape index (κ1) is 18.3. The van der Waals surface area contributed by atoms with Crippen LogP contribution in [0.4, 0.5) is 4.79 Å². The van der Waals surface area contributed by atoms with Crippen LogP contribution in [0, 0.1) is 6.92 Å². The molecule has 0 fully saturated rings. The van der Waals surface area contributed by atoms with E-state index in [1.54, 1.807) is 4.90 Å². The molecule has 1 aliphatic heterocycles. The third kappa shape index (κ3) is 4.37. The highest BCUT2D eigenvalue weighted by atomic mass is 16.6. The lowest BCUT2D eigenvalue weighted by molar-refractivity contribution is 0.0223. The van der Waals surface area contributed by atoms with E-state index in [1.165, 1.54) is 16.7 Å². The zero-order valence-corrected chi connectivity index (χ0v) is 16.0. The second kappa shape index (κ2) is 7.40. The van der Waals surface area contributed by atoms with E-state index < -0.39 is 5.60 Å². The molecule has 0 aliphatic carbocycles. The van der Waals surface area contributed by atoms with Gasteiger partial charge in [-0.1, -0.05) is 36.4 Å². The van der Waals surface area contributed by atoms with Crippen LogP contribution in [0.3, 0.4) is 0 Å². The Morgan fingerprint density at radius 3 is 2.54 bits per heavy atom. The molecule has 4 heteroatoms. The number of hydrogen-bond acceptors (Lipinski definition) is 3. The average molecular weight is 353 g/mol. The quantitative estimate of drug-likeness (QED) is 0.790. The largest absolute Gasteiger partial charge is 0.489 e. The van der Waals surface area contributed by atoms with Gasteiger partial charge in [0, 0.05) is 13.1 Å². The molecule has 2 aromatic rings. The Hall–Kier alpha value is -2.49. The summed E-state index contributed by atoms with van der Waals surface area (Å²) in [6.07, 6.45) is 0.577. The zero-order valence-electron chi connectivity index (χ0n) is 16.0. The van der Waals surface area contributed by atoms with Gasteiger partial charge >= 0.3 is 6.09 Å². The van der Waals surface area contributed by atoms with E-state index >= 15 is 0 Å². The summed E-state index contributed by atoms with van der Waals surface area (Å²) in [5.41, 5.74) is 4.31. The third-order valence-corrected chi connectivity index (χ3v) is 4.53. The van der Waals surface area contributed by atoms with Crippen molar-refractivity contribution in [2.24, 2.45) is 0 Å². The molecular formula is C22H27NO3. The van der Waals surface area contributed by atoms with Crippen LogP contribution in [-0.4, -0.2) is 23.1 Å². The minimum Gasteiger partial charge on any atom is -0.489 e. The van der Waals surface area contributed by atoms with Crippen LogP contribution in [0.5, 0.6) is 5.75 Å². The van der Waals surface area contributed by atoms with Gasteiger partial charge in [-0.2, -0.15) is 0 Å². The van der Waals surface area contributed by atoms with Crippen LogP contribution in [0.1, 0.15) is 43.0 Å². The maximum atomic E-state index is 12.3. The number of ether oxygens (including phenoxy) is 2. The van der Waals surface area contributed by atoms with Gasteiger partial charge in [0.15, 0.2) is 0 Å². The molecule has 1 aliphatic rings. The first-order valence-corrected chi connectivity index (χ1v) is 9.09. The van der Waals surface area contributed by atoms with Crippen molar-refractivity contribution >= 4 is 6.09 Å². The third-order valence-electron chi connectivity index (χ3n) is 4.53. The summed E-state index contributed by atoms with van der Waals surface area (Å²) >= 11 is 0. The van der Waals surface area contributed by atoms with Crippen LogP contribution in [0.15, 0.2) is 42.5 Å². The standard InChI is InChI=1S/C22H27NO3/c1-16-19-12-13-23(21(24)26-22(2,3)4)14-18(19)10-11-20(16)25-15-17-8-6-5-7-9-17/h5-11H,12-15H2,1-4H3. The van der Waals surface area contributed by atoms with Crippen LogP contribution >= 0.6 is 0 Å². The molecule has 0 spiro atoms. The van der Waals surface area contributed by atoms with E-state index in [4.69, 9.17) is 9.47 Å². The van der Waals surface area contributed by atoms with E-state index in [0.717, 1.165) is 17.7 Å². The predicted molar refractivity (Wildman–Crippen MR) is 102 cm³/mol. The lowest BCUT2D eigenvalue weighted by atomic mass is 9.94. The van der Waals surface area contributed by atoms with E-state index in [0.29, 0.717) is 19.7 Å². The highest BCUT2D eigenvalue weighted by Gasteiger charge is 2.26. The minimum atomic E-state index is -0.470. The summed E-state index contributed by atoms with van der Waals surface area (Å²) in [4.78, 5) is 14.1. The molecule has 0 atom stereocenters. The topological polar surface area (TPSA) is 38.8 Å². The van der Waals surface area contributed by atoms with Crippen molar-refractivity contribution < 1.29 is 14.3 Å². The number of amides is 1. The van der Waals surface area contributed by atoms with Crippen LogP contribution < -0.4 is 4.74 Å². The van der Waals surface area contributed by atoms with E-state index in [-0.39, 0.29) is 6.09 Å². The predicted octanol–water partition coefficient (Wildman–Crippen LogP) is 4.87. The lowest BCUT2D eigenvalue weighted by Gasteiger charge is -2.32. The highest BCUT2D eigenvalue weighted by molar-refractivity contribution is 5.69. The van der Waals surface area contributed by atoms with Gasteiger partial charge in [0.2, 0.25) is 0 Å². The molecule has 0 aromatic heterocycles. The van der Waals surface area contributed by atoms with Crippen molar-refractivity contribution in [1.29, 1.82) is 0 Å². The normalized spacial score (nSPS) is 13.9. The van der Waals surface area contributed by atoms with Crippen molar-refractivity contribution in [2.75, 3.05) is 6.54 Å². The summed E-state index contributed by atoms with van der Waals surface area (Å²) in [6.45, 7) is 9.59. The number of fused-ring (bicyclic) bond motifs is 1. The summed E-state index contributed by atoms with van der Waals surface area (Å²) in [5, 5.41) is 0. The molecule has 26 heavy (non-hydrogen) atoms. The number of hydrogen-bond donors (Lipinski definition) is 0. The van der Waals surface area contributed by atoms with Gasteiger partial charge in [0.05, 0.1) is 0 Å². The maximum absolute atomic E-state index is 12.3. The van der Waals surface area contributed by atoms with Gasteiger partial charge in [-0.05, 0) is 62.4 Å². The van der Waals surface area contributed by atoms with Crippen molar-refractivity contribution in [2.45, 2.75) is 52.9 Å². The highest BCUT2D eigenvalue weighted by Crippen LogP contribution is 2.30. The van der Waals surface area contributed by atoms with E-state index in [1.807, 2.05) is 45.0 Å². The minimum absolute atomic E-state index is 0.245. The first-order valence-electron chi connectivity index (χ1n) is 9.09. The summed E-state index contributed by atoms with van der Waals surface area (Å²) in [5.74, 6) is 0.915. The van der Waals surface area contributed by atoms with Gasteiger partial charge in [0.1, 0.15) is 18.0 Å². The Balaban J connectivity index is 1.69. The van der Waals surface area contributed by atoms with Gasteiger partial charge in [0.25, 0.3) is 0 Å². The van der Waals surface area contributed by atoms with Crippen molar-refractivity contribution in [3.8, 4) is 5.75 Å². The molecule has 0 bridgehead atoms. The molecule has 3 rings (SSSR count). The van der Waals surface area contributed by atoms with Gasteiger partial charge in [-0.25, -0.2) is 4.79 Å². The Labute approximate surface area is 155 Å². The zero-order chi connectivity index (χ0) is 18.7. The summed E-state index contributed by atoms with van der Waals surface area (Å²) in [6, 6.07) is 14.2. The molecule has 0 radical (unpaired) electrons. The molecule has 1 heterocycles. The fourth-order valence-electron chi connectivity index (χ4n) is 3.19. The van der Waals surface area contributed by atoms with Crippen LogP contribution in [-0.2, 0) is 24.3 Å². The number of carbonyl (C=O) groups is 1. The van der Waals surface area contributed by atoms with Crippen molar-refractivity contribution in [3.05, 3.63) is 64.7 Å². The summed E-state index contributed by atoms with van der Waals surface area (Å²) < 4.78 is 11.5. The molecule has 2 aromatic carbocycles. The number of benzene rings is 2. The fourth-order valence-corrected chi connectivity index (χ4v) is 3.19. The molecule has 0 N–H and O–H groups in total. The van der Waals surface area contributed by atoms with E-state index in [2.05, 4.69) is 25.1 Å².